The van der Waals surface area contributed by atoms with Crippen molar-refractivity contribution in [3.8, 4) is 6.07 Å². The molecule has 0 bridgehead atoms. The number of hydrogen-bond acceptors (Lipinski definition) is 7. The Balaban J connectivity index is 1.46. The van der Waals surface area contributed by atoms with Crippen molar-refractivity contribution in [2.45, 2.75) is 49.9 Å². The van der Waals surface area contributed by atoms with Crippen LogP contribution in [0.15, 0.2) is 35.5 Å². The topological polar surface area (TPSA) is 102 Å². The van der Waals surface area contributed by atoms with Gasteiger partial charge in [-0.3, -0.25) is 14.7 Å². The fourth-order valence-corrected chi connectivity index (χ4v) is 5.71. The van der Waals surface area contributed by atoms with Crippen LogP contribution in [0.3, 0.4) is 0 Å². The first-order valence-electron chi connectivity index (χ1n) is 12.3. The fourth-order valence-electron chi connectivity index (χ4n) is 5.24. The summed E-state index contributed by atoms with van der Waals surface area (Å²) in [5.41, 5.74) is 5.04. The largest absolute Gasteiger partial charge is 0.419 e. The van der Waals surface area contributed by atoms with Crippen molar-refractivity contribution in [2.24, 2.45) is 4.99 Å². The molecule has 12 heteroatoms. The molecule has 5 rings (SSSR count). The number of amides is 1. The summed E-state index contributed by atoms with van der Waals surface area (Å²) in [6.07, 6.45) is 1.76. The Hall–Kier alpha value is -3.56. The molecule has 8 nitrogen and oxygen atoms in total. The molecule has 0 radical (unpaired) electrons. The van der Waals surface area contributed by atoms with E-state index in [0.29, 0.717) is 24.2 Å². The molecule has 2 aromatic rings. The number of anilines is 3. The lowest BCUT2D eigenvalue weighted by molar-refractivity contribution is -0.138. The minimum absolute atomic E-state index is 0.0430. The number of aliphatic imine (C=N–C) groups is 1. The number of carbonyl (C=O) groups excluding carboxylic acids is 1. The van der Waals surface area contributed by atoms with Gasteiger partial charge < -0.3 is 15.5 Å². The highest BCUT2D eigenvalue weighted by atomic mass is 32.1. The van der Waals surface area contributed by atoms with Crippen LogP contribution in [-0.2, 0) is 11.0 Å². The second kappa shape index (κ2) is 9.63. The molecule has 38 heavy (non-hydrogen) atoms. The minimum atomic E-state index is -4.81. The molecular formula is C26H26F3N7OS. The van der Waals surface area contributed by atoms with Gasteiger partial charge in [0.25, 0.3) is 5.91 Å². The van der Waals surface area contributed by atoms with E-state index in [2.05, 4.69) is 16.9 Å². The van der Waals surface area contributed by atoms with Crippen LogP contribution in [-0.4, -0.2) is 58.8 Å². The summed E-state index contributed by atoms with van der Waals surface area (Å²) in [4.78, 5) is 27.0. The van der Waals surface area contributed by atoms with Crippen LogP contribution in [0.25, 0.3) is 0 Å². The second-order valence-corrected chi connectivity index (χ2v) is 10.3. The molecule has 1 aromatic heterocycles. The maximum Gasteiger partial charge on any atom is 0.419 e. The molecule has 3 aliphatic rings. The number of hydrogen-bond donors (Lipinski definition) is 1. The van der Waals surface area contributed by atoms with Gasteiger partial charge in [0, 0.05) is 23.2 Å². The van der Waals surface area contributed by atoms with E-state index >= 15 is 0 Å². The van der Waals surface area contributed by atoms with E-state index in [-0.39, 0.29) is 16.8 Å². The zero-order valence-corrected chi connectivity index (χ0v) is 21.5. The van der Waals surface area contributed by atoms with E-state index in [4.69, 9.17) is 28.2 Å². The highest BCUT2D eigenvalue weighted by Crippen LogP contribution is 2.48. The van der Waals surface area contributed by atoms with Gasteiger partial charge in [-0.25, -0.2) is 4.98 Å². The molecule has 3 heterocycles. The van der Waals surface area contributed by atoms with Crippen LogP contribution in [0.4, 0.5) is 30.2 Å². The Morgan fingerprint density at radius 1 is 1.24 bits per heavy atom. The van der Waals surface area contributed by atoms with Crippen molar-refractivity contribution in [2.75, 3.05) is 35.7 Å². The Morgan fingerprint density at radius 3 is 2.53 bits per heavy atom. The van der Waals surface area contributed by atoms with Crippen molar-refractivity contribution < 1.29 is 18.0 Å². The third-order valence-electron chi connectivity index (χ3n) is 7.58. The van der Waals surface area contributed by atoms with Gasteiger partial charge in [0.2, 0.25) is 0 Å². The maximum atomic E-state index is 13.6. The average molecular weight is 542 g/mol. The summed E-state index contributed by atoms with van der Waals surface area (Å²) in [6.45, 7) is 1.99. The number of piperidine rings is 1. The molecule has 1 saturated carbocycles. The molecule has 2 N–H and O–H groups in total. The van der Waals surface area contributed by atoms with Gasteiger partial charge in [-0.05, 0) is 88.7 Å². The lowest BCUT2D eigenvalue weighted by Gasteiger charge is -2.43. The van der Waals surface area contributed by atoms with Crippen LogP contribution in [0.2, 0.25) is 0 Å². The highest BCUT2D eigenvalue weighted by molar-refractivity contribution is 7.81. The van der Waals surface area contributed by atoms with Crippen molar-refractivity contribution in [3.63, 3.8) is 0 Å². The smallest absolute Gasteiger partial charge is 0.398 e. The number of nitrogens with zero attached hydrogens (tertiary/aromatic N) is 6. The van der Waals surface area contributed by atoms with Gasteiger partial charge in [0.15, 0.2) is 10.8 Å². The number of nitrogen functional groups attached to an aromatic ring is 1. The van der Waals surface area contributed by atoms with Crippen LogP contribution in [0.5, 0.6) is 0 Å². The highest BCUT2D eigenvalue weighted by Gasteiger charge is 2.59. The number of nitriles is 1. The van der Waals surface area contributed by atoms with E-state index in [1.165, 1.54) is 6.07 Å². The first-order chi connectivity index (χ1) is 18.0. The number of likely N-dealkylation sites (tertiary alicyclic amines) is 1. The Bertz CT molecular complexity index is 1360. The summed E-state index contributed by atoms with van der Waals surface area (Å²) >= 11 is 5.66. The van der Waals surface area contributed by atoms with Crippen molar-refractivity contribution in [3.05, 3.63) is 47.3 Å². The molecule has 1 amide bonds. The average Bonchev–Trinajstić information content (AvgIpc) is 3.10. The predicted octanol–water partition coefficient (Wildman–Crippen LogP) is 4.13. The predicted molar refractivity (Wildman–Crippen MR) is 142 cm³/mol. The monoisotopic (exact) mass is 541 g/mol. The van der Waals surface area contributed by atoms with Crippen molar-refractivity contribution >= 4 is 46.5 Å². The van der Waals surface area contributed by atoms with E-state index in [9.17, 15) is 18.0 Å². The van der Waals surface area contributed by atoms with Crippen molar-refractivity contribution in [1.82, 2.24) is 9.88 Å². The number of benzene rings is 1. The van der Waals surface area contributed by atoms with Gasteiger partial charge in [-0.2, -0.15) is 18.4 Å². The number of thiocarbonyl (C=S) groups is 1. The third kappa shape index (κ3) is 4.39. The first-order valence-corrected chi connectivity index (χ1v) is 12.7. The number of pyridine rings is 1. The molecule has 2 saturated heterocycles. The number of carbonyl (C=O) groups is 1. The standard InChI is InChI=1S/C26H26F3N7OS/c1-34-9-5-17(6-10-34)32-14-16-3-4-18(12-21(16)31)36-24(38)35(23(37)25(36)7-2-8-25)19-11-20(26(27,28)29)22(13-30)33-15-19/h3-4,11-12,14-15,17H,2,5-10,31H2,1H3. The first kappa shape index (κ1) is 26.1. The lowest BCUT2D eigenvalue weighted by Crippen LogP contribution is -2.55. The molecule has 1 spiro atoms. The molecule has 1 aromatic carbocycles. The Kier molecular flexibility index (Phi) is 6.61. The zero-order valence-electron chi connectivity index (χ0n) is 20.7. The van der Waals surface area contributed by atoms with Crippen molar-refractivity contribution in [1.29, 1.82) is 5.26 Å². The molecule has 0 atom stereocenters. The second-order valence-electron chi connectivity index (χ2n) is 9.97. The molecule has 0 unspecified atom stereocenters. The summed E-state index contributed by atoms with van der Waals surface area (Å²) in [6, 6.07) is 7.78. The fraction of sp³-hybridized carbons (Fsp3) is 0.423. The zero-order chi connectivity index (χ0) is 27.2. The van der Waals surface area contributed by atoms with E-state index in [1.807, 2.05) is 6.07 Å². The lowest BCUT2D eigenvalue weighted by atomic mass is 9.75. The molecule has 1 aliphatic carbocycles. The minimum Gasteiger partial charge on any atom is -0.398 e. The normalized spacial score (nSPS) is 20.4. The molecule has 3 fully saturated rings. The van der Waals surface area contributed by atoms with E-state index in [0.717, 1.165) is 55.1 Å². The summed E-state index contributed by atoms with van der Waals surface area (Å²) in [5.74, 6) is -0.417. The van der Waals surface area contributed by atoms with E-state index in [1.54, 1.807) is 23.2 Å². The number of nitrogens with two attached hydrogens (primary N) is 1. The summed E-state index contributed by atoms with van der Waals surface area (Å²) in [7, 11) is 2.09. The Labute approximate surface area is 223 Å². The summed E-state index contributed by atoms with van der Waals surface area (Å²) < 4.78 is 40.8. The number of alkyl halides is 3. The SMILES string of the molecule is CN1CCC(N=Cc2ccc(N3C(=S)N(c4cnc(C#N)c(C(F)(F)F)c4)C(=O)C34CCC4)cc2N)CC1. The van der Waals surface area contributed by atoms with Crippen LogP contribution >= 0.6 is 12.2 Å². The van der Waals surface area contributed by atoms with E-state index < -0.39 is 28.9 Å². The number of halogens is 3. The molecular weight excluding hydrogens is 515 g/mol. The Morgan fingerprint density at radius 2 is 1.95 bits per heavy atom. The van der Waals surface area contributed by atoms with Crippen LogP contribution in [0.1, 0.15) is 48.9 Å². The number of aromatic nitrogens is 1. The molecule has 198 valence electrons. The maximum absolute atomic E-state index is 13.6. The van der Waals surface area contributed by atoms with Gasteiger partial charge in [-0.1, -0.05) is 0 Å². The third-order valence-corrected chi connectivity index (χ3v) is 7.94. The van der Waals surface area contributed by atoms with Crippen LogP contribution in [0, 0.1) is 11.3 Å². The van der Waals surface area contributed by atoms with Gasteiger partial charge in [0.05, 0.1) is 23.5 Å². The molecule has 2 aliphatic heterocycles. The number of rotatable bonds is 4. The van der Waals surface area contributed by atoms with Gasteiger partial charge in [-0.15, -0.1) is 0 Å². The summed E-state index contributed by atoms with van der Waals surface area (Å²) in [5, 5.41) is 9.13. The van der Waals surface area contributed by atoms with Gasteiger partial charge >= 0.3 is 6.18 Å². The van der Waals surface area contributed by atoms with Crippen LogP contribution < -0.4 is 15.5 Å². The van der Waals surface area contributed by atoms with Gasteiger partial charge in [0.1, 0.15) is 11.6 Å². The quantitative estimate of drug-likeness (QED) is 0.353.